The van der Waals surface area contributed by atoms with Gasteiger partial charge in [-0.3, -0.25) is 9.59 Å². The first-order valence-electron chi connectivity index (χ1n) is 9.17. The highest BCUT2D eigenvalue weighted by Crippen LogP contribution is 2.17. The predicted molar refractivity (Wildman–Crippen MR) is 122 cm³/mol. The van der Waals surface area contributed by atoms with Crippen LogP contribution in [0.4, 0.5) is 5.69 Å². The summed E-state index contributed by atoms with van der Waals surface area (Å²) < 4.78 is 0.816. The predicted octanol–water partition coefficient (Wildman–Crippen LogP) is 4.95. The van der Waals surface area contributed by atoms with Gasteiger partial charge in [-0.2, -0.15) is 5.10 Å². The van der Waals surface area contributed by atoms with E-state index in [0.29, 0.717) is 16.8 Å². The van der Waals surface area contributed by atoms with E-state index in [-0.39, 0.29) is 11.8 Å². The van der Waals surface area contributed by atoms with E-state index in [4.69, 9.17) is 0 Å². The van der Waals surface area contributed by atoms with Gasteiger partial charge in [0.15, 0.2) is 0 Å². The van der Waals surface area contributed by atoms with Crippen molar-refractivity contribution >= 4 is 50.5 Å². The number of anilines is 1. The van der Waals surface area contributed by atoms with E-state index in [9.17, 15) is 9.59 Å². The van der Waals surface area contributed by atoms with Crippen LogP contribution in [0.5, 0.6) is 0 Å². The zero-order valence-electron chi connectivity index (χ0n) is 15.7. The lowest BCUT2D eigenvalue weighted by molar-refractivity contribution is 0.0953. The number of amides is 2. The van der Waals surface area contributed by atoms with Crippen molar-refractivity contribution in [2.24, 2.45) is 5.10 Å². The minimum Gasteiger partial charge on any atom is -0.361 e. The third-order valence-electron chi connectivity index (χ3n) is 4.46. The number of H-pyrrole nitrogens is 1. The minimum atomic E-state index is -0.371. The first-order chi connectivity index (χ1) is 14.6. The topological polar surface area (TPSA) is 86.3 Å². The third-order valence-corrected chi connectivity index (χ3v) is 4.95. The zero-order chi connectivity index (χ0) is 20.9. The largest absolute Gasteiger partial charge is 0.361 e. The number of nitrogens with one attached hydrogen (secondary N) is 3. The van der Waals surface area contributed by atoms with Gasteiger partial charge in [-0.1, -0.05) is 46.3 Å². The molecule has 4 aromatic rings. The molecule has 1 aromatic heterocycles. The smallest absolute Gasteiger partial charge is 0.271 e. The van der Waals surface area contributed by atoms with Crippen LogP contribution in [0, 0.1) is 0 Å². The molecule has 30 heavy (non-hydrogen) atoms. The second-order valence-electron chi connectivity index (χ2n) is 6.53. The second kappa shape index (κ2) is 8.75. The fourth-order valence-corrected chi connectivity index (χ4v) is 3.40. The first kappa shape index (κ1) is 19.6. The summed E-state index contributed by atoms with van der Waals surface area (Å²) in [4.78, 5) is 28.0. The molecule has 6 nitrogen and oxygen atoms in total. The van der Waals surface area contributed by atoms with Crippen molar-refractivity contribution in [3.63, 3.8) is 0 Å². The van der Waals surface area contributed by atoms with Crippen LogP contribution in [0.2, 0.25) is 0 Å². The third kappa shape index (κ3) is 4.47. The fraction of sp³-hybridized carbons (Fsp3) is 0. The van der Waals surface area contributed by atoms with E-state index >= 15 is 0 Å². The molecule has 0 atom stereocenters. The number of hydrogen-bond acceptors (Lipinski definition) is 3. The number of carbonyl (C=O) groups is 2. The maximum Gasteiger partial charge on any atom is 0.271 e. The Morgan fingerprint density at radius 1 is 0.900 bits per heavy atom. The number of rotatable bonds is 5. The lowest BCUT2D eigenvalue weighted by Crippen LogP contribution is -2.18. The second-order valence-corrected chi connectivity index (χ2v) is 7.45. The van der Waals surface area contributed by atoms with Gasteiger partial charge < -0.3 is 10.3 Å². The number of hydrogen-bond donors (Lipinski definition) is 3. The molecule has 148 valence electrons. The summed E-state index contributed by atoms with van der Waals surface area (Å²) in [5.41, 5.74) is 5.82. The summed E-state index contributed by atoms with van der Waals surface area (Å²) in [7, 11) is 0. The summed E-state index contributed by atoms with van der Waals surface area (Å²) in [5, 5.41) is 7.87. The Morgan fingerprint density at radius 2 is 1.67 bits per heavy atom. The number of aromatic amines is 1. The van der Waals surface area contributed by atoms with Crippen LogP contribution in [0.3, 0.4) is 0 Å². The van der Waals surface area contributed by atoms with Gasteiger partial charge in [0.1, 0.15) is 0 Å². The Kier molecular flexibility index (Phi) is 5.72. The van der Waals surface area contributed by atoms with Gasteiger partial charge in [0, 0.05) is 44.0 Å². The molecule has 1 heterocycles. The Balaban J connectivity index is 1.43. The van der Waals surface area contributed by atoms with E-state index in [1.54, 1.807) is 48.7 Å². The van der Waals surface area contributed by atoms with Gasteiger partial charge >= 0.3 is 0 Å². The van der Waals surface area contributed by atoms with Crippen molar-refractivity contribution in [1.82, 2.24) is 10.4 Å². The molecule has 3 N–H and O–H groups in total. The zero-order valence-corrected chi connectivity index (χ0v) is 17.3. The molecule has 7 heteroatoms. The SMILES string of the molecule is O=C(N/N=C\c1c[nH]c2ccccc12)c1cccc(NC(=O)c2cccc(Br)c2)c1. The van der Waals surface area contributed by atoms with Crippen molar-refractivity contribution in [2.45, 2.75) is 0 Å². The van der Waals surface area contributed by atoms with Crippen LogP contribution >= 0.6 is 15.9 Å². The van der Waals surface area contributed by atoms with Crippen LogP contribution in [-0.2, 0) is 0 Å². The molecule has 3 aromatic carbocycles. The monoisotopic (exact) mass is 460 g/mol. The number of hydrazone groups is 1. The van der Waals surface area contributed by atoms with Crippen LogP contribution in [0.25, 0.3) is 10.9 Å². The van der Waals surface area contributed by atoms with Crippen molar-refractivity contribution in [3.8, 4) is 0 Å². The number of nitrogens with zero attached hydrogens (tertiary/aromatic N) is 1. The standard InChI is InChI=1S/C23H17BrN4O2/c24-18-7-3-5-15(11-18)22(29)27-19-8-4-6-16(12-19)23(30)28-26-14-17-13-25-21-10-2-1-9-20(17)21/h1-14,25H,(H,27,29)(H,28,30)/b26-14-. The number of benzene rings is 3. The van der Waals surface area contributed by atoms with Gasteiger partial charge in [0.25, 0.3) is 11.8 Å². The average molecular weight is 461 g/mol. The lowest BCUT2D eigenvalue weighted by Gasteiger charge is -2.07. The highest BCUT2D eigenvalue weighted by atomic mass is 79.9. The molecule has 0 aliphatic carbocycles. The molecule has 2 amide bonds. The Bertz CT molecular complexity index is 1260. The first-order valence-corrected chi connectivity index (χ1v) is 9.96. The average Bonchev–Trinajstić information content (AvgIpc) is 3.17. The van der Waals surface area contributed by atoms with Crippen LogP contribution < -0.4 is 10.7 Å². The van der Waals surface area contributed by atoms with Gasteiger partial charge in [-0.15, -0.1) is 0 Å². The molecule has 0 bridgehead atoms. The summed E-state index contributed by atoms with van der Waals surface area (Å²) in [6.45, 7) is 0. The molecule has 0 radical (unpaired) electrons. The highest BCUT2D eigenvalue weighted by Gasteiger charge is 2.09. The summed E-state index contributed by atoms with van der Waals surface area (Å²) in [5.74, 6) is -0.629. The van der Waals surface area contributed by atoms with Crippen molar-refractivity contribution in [3.05, 3.63) is 100 Å². The van der Waals surface area contributed by atoms with Gasteiger partial charge in [0.05, 0.1) is 6.21 Å². The highest BCUT2D eigenvalue weighted by molar-refractivity contribution is 9.10. The number of halogens is 1. The molecule has 0 fully saturated rings. The van der Waals surface area contributed by atoms with E-state index in [0.717, 1.165) is 20.9 Å². The molecule has 0 aliphatic rings. The molecule has 0 spiro atoms. The van der Waals surface area contributed by atoms with Crippen LogP contribution in [-0.4, -0.2) is 23.0 Å². The number of para-hydroxylation sites is 1. The molecule has 0 aliphatic heterocycles. The van der Waals surface area contributed by atoms with E-state index in [1.165, 1.54) is 0 Å². The van der Waals surface area contributed by atoms with Crippen molar-refractivity contribution in [2.75, 3.05) is 5.32 Å². The molecule has 0 saturated heterocycles. The van der Waals surface area contributed by atoms with E-state index in [2.05, 4.69) is 36.8 Å². The molecule has 0 unspecified atom stereocenters. The quantitative estimate of drug-likeness (QED) is 0.290. The van der Waals surface area contributed by atoms with E-state index < -0.39 is 0 Å². The summed E-state index contributed by atoms with van der Waals surface area (Å²) in [6, 6.07) is 21.6. The van der Waals surface area contributed by atoms with Crippen LogP contribution in [0.15, 0.2) is 88.6 Å². The minimum absolute atomic E-state index is 0.258. The molecule has 4 rings (SSSR count). The van der Waals surface area contributed by atoms with Crippen molar-refractivity contribution < 1.29 is 9.59 Å². The maximum absolute atomic E-state index is 12.4. The molecular formula is C23H17BrN4O2. The summed E-state index contributed by atoms with van der Waals surface area (Å²) >= 11 is 3.35. The fourth-order valence-electron chi connectivity index (χ4n) is 3.00. The van der Waals surface area contributed by atoms with Gasteiger partial charge in [0.2, 0.25) is 0 Å². The number of carbonyl (C=O) groups excluding carboxylic acids is 2. The lowest BCUT2D eigenvalue weighted by atomic mass is 10.1. The normalized spacial score (nSPS) is 11.0. The Morgan fingerprint density at radius 3 is 2.50 bits per heavy atom. The maximum atomic E-state index is 12.4. The Labute approximate surface area is 181 Å². The van der Waals surface area contributed by atoms with E-state index in [1.807, 2.05) is 36.5 Å². The number of fused-ring (bicyclic) bond motifs is 1. The summed E-state index contributed by atoms with van der Waals surface area (Å²) in [6.07, 6.45) is 3.42. The molecular weight excluding hydrogens is 444 g/mol. The van der Waals surface area contributed by atoms with Crippen LogP contribution in [0.1, 0.15) is 26.3 Å². The van der Waals surface area contributed by atoms with Gasteiger partial charge in [-0.25, -0.2) is 5.43 Å². The van der Waals surface area contributed by atoms with Crippen molar-refractivity contribution in [1.29, 1.82) is 0 Å². The van der Waals surface area contributed by atoms with Gasteiger partial charge in [-0.05, 0) is 42.5 Å². The number of aromatic nitrogens is 1. The molecule has 0 saturated carbocycles. The Hall–Kier alpha value is -3.71.